The van der Waals surface area contributed by atoms with Crippen LogP contribution in [0.25, 0.3) is 0 Å². The van der Waals surface area contributed by atoms with E-state index in [1.165, 1.54) is 0 Å². The number of benzene rings is 1. The van der Waals surface area contributed by atoms with E-state index in [0.717, 1.165) is 36.6 Å². The van der Waals surface area contributed by atoms with E-state index in [0.29, 0.717) is 24.0 Å². The van der Waals surface area contributed by atoms with Crippen LogP contribution in [0.4, 0.5) is 5.82 Å². The van der Waals surface area contributed by atoms with Crippen LogP contribution in [0.1, 0.15) is 31.7 Å². The molecule has 0 saturated carbocycles. The van der Waals surface area contributed by atoms with Crippen molar-refractivity contribution in [3.63, 3.8) is 0 Å². The minimum Gasteiger partial charge on any atom is -0.483 e. The summed E-state index contributed by atoms with van der Waals surface area (Å²) in [6.07, 6.45) is 2.69. The Bertz CT molecular complexity index is 758. The normalized spacial score (nSPS) is 15.5. The number of hydrogen-bond acceptors (Lipinski definition) is 4. The van der Waals surface area contributed by atoms with Crippen LogP contribution in [0.15, 0.2) is 42.6 Å². The fourth-order valence-electron chi connectivity index (χ4n) is 3.21. The first kappa shape index (κ1) is 19.5. The second-order valence-electron chi connectivity index (χ2n) is 6.84. The highest BCUT2D eigenvalue weighted by molar-refractivity contribution is 6.30. The zero-order valence-electron chi connectivity index (χ0n) is 15.9. The fraction of sp³-hybridized carbons (Fsp3) is 0.429. The van der Waals surface area contributed by atoms with E-state index in [2.05, 4.69) is 29.8 Å². The number of piperazine rings is 1. The van der Waals surface area contributed by atoms with E-state index in [-0.39, 0.29) is 12.5 Å². The molecular weight excluding hydrogens is 362 g/mol. The number of nitrogens with zero attached hydrogens (tertiary/aromatic N) is 3. The number of para-hydroxylation sites is 1. The number of carbonyl (C=O) groups excluding carboxylic acids is 1. The Hall–Kier alpha value is -2.27. The summed E-state index contributed by atoms with van der Waals surface area (Å²) in [4.78, 5) is 20.9. The van der Waals surface area contributed by atoms with Gasteiger partial charge >= 0.3 is 0 Å². The Labute approximate surface area is 165 Å². The van der Waals surface area contributed by atoms with Crippen LogP contribution in [0.2, 0.25) is 5.02 Å². The van der Waals surface area contributed by atoms with Crippen LogP contribution in [-0.2, 0) is 4.79 Å². The molecule has 27 heavy (non-hydrogen) atoms. The van der Waals surface area contributed by atoms with Gasteiger partial charge in [-0.05, 0) is 36.1 Å². The molecule has 1 aromatic carbocycles. The maximum Gasteiger partial charge on any atom is 0.260 e. The van der Waals surface area contributed by atoms with Gasteiger partial charge in [0.05, 0.1) is 5.02 Å². The number of pyridine rings is 1. The summed E-state index contributed by atoms with van der Waals surface area (Å²) in [5, 5.41) is 0.627. The van der Waals surface area contributed by atoms with Gasteiger partial charge in [0.1, 0.15) is 11.6 Å². The molecule has 1 saturated heterocycles. The van der Waals surface area contributed by atoms with Crippen molar-refractivity contribution in [3.05, 3.63) is 53.2 Å². The Morgan fingerprint density at radius 3 is 2.59 bits per heavy atom. The van der Waals surface area contributed by atoms with Crippen LogP contribution in [0, 0.1) is 0 Å². The van der Waals surface area contributed by atoms with Gasteiger partial charge in [-0.25, -0.2) is 4.98 Å². The lowest BCUT2D eigenvalue weighted by molar-refractivity contribution is -0.133. The van der Waals surface area contributed by atoms with Gasteiger partial charge in [-0.15, -0.1) is 0 Å². The van der Waals surface area contributed by atoms with Crippen LogP contribution >= 0.6 is 11.6 Å². The van der Waals surface area contributed by atoms with Gasteiger partial charge in [0.25, 0.3) is 5.91 Å². The van der Waals surface area contributed by atoms with Gasteiger partial charge in [0.2, 0.25) is 0 Å². The number of hydrogen-bond donors (Lipinski definition) is 0. The van der Waals surface area contributed by atoms with Gasteiger partial charge in [-0.3, -0.25) is 4.79 Å². The Morgan fingerprint density at radius 1 is 1.19 bits per heavy atom. The molecule has 2 aromatic rings. The minimum atomic E-state index is 0.0256. The lowest BCUT2D eigenvalue weighted by atomic mass is 9.98. The molecule has 3 rings (SSSR count). The largest absolute Gasteiger partial charge is 0.483 e. The maximum atomic E-state index is 12.6. The highest BCUT2D eigenvalue weighted by Crippen LogP contribution is 2.28. The number of aromatic nitrogens is 1. The molecule has 1 atom stereocenters. The van der Waals surface area contributed by atoms with Gasteiger partial charge in [-0.1, -0.05) is 43.6 Å². The molecule has 1 aliphatic rings. The van der Waals surface area contributed by atoms with E-state index >= 15 is 0 Å². The molecule has 1 amide bonds. The number of rotatable bonds is 6. The summed E-state index contributed by atoms with van der Waals surface area (Å²) >= 11 is 5.89. The molecule has 2 heterocycles. The van der Waals surface area contributed by atoms with Crippen LogP contribution in [0.3, 0.4) is 0 Å². The first-order valence-corrected chi connectivity index (χ1v) is 9.82. The average Bonchev–Trinajstić information content (AvgIpc) is 2.72. The molecule has 1 fully saturated rings. The van der Waals surface area contributed by atoms with Crippen molar-refractivity contribution in [1.29, 1.82) is 0 Å². The first-order valence-electron chi connectivity index (χ1n) is 9.44. The third kappa shape index (κ3) is 4.92. The molecule has 144 valence electrons. The minimum absolute atomic E-state index is 0.0256. The third-order valence-corrected chi connectivity index (χ3v) is 5.31. The summed E-state index contributed by atoms with van der Waals surface area (Å²) in [5.41, 5.74) is 1.16. The number of carbonyl (C=O) groups is 1. The van der Waals surface area contributed by atoms with Crippen LogP contribution < -0.4 is 9.64 Å². The molecule has 0 bridgehead atoms. The number of amides is 1. The first-order chi connectivity index (χ1) is 13.1. The van der Waals surface area contributed by atoms with E-state index in [1.54, 1.807) is 6.20 Å². The molecule has 5 nitrogen and oxygen atoms in total. The Balaban J connectivity index is 1.52. The predicted molar refractivity (Wildman–Crippen MR) is 109 cm³/mol. The van der Waals surface area contributed by atoms with Crippen LogP contribution in [-0.4, -0.2) is 48.6 Å². The summed E-state index contributed by atoms with van der Waals surface area (Å²) < 4.78 is 5.87. The van der Waals surface area contributed by atoms with Crippen molar-refractivity contribution in [2.24, 2.45) is 0 Å². The lowest BCUT2D eigenvalue weighted by Gasteiger charge is -2.35. The quantitative estimate of drug-likeness (QED) is 0.752. The van der Waals surface area contributed by atoms with E-state index in [1.807, 2.05) is 35.2 Å². The number of anilines is 1. The number of halogens is 1. The van der Waals surface area contributed by atoms with E-state index in [9.17, 15) is 4.79 Å². The molecular formula is C21H26ClN3O2. The summed E-state index contributed by atoms with van der Waals surface area (Å²) in [5.74, 6) is 2.14. The Kier molecular flexibility index (Phi) is 6.56. The van der Waals surface area contributed by atoms with Crippen molar-refractivity contribution in [1.82, 2.24) is 9.88 Å². The van der Waals surface area contributed by atoms with Crippen molar-refractivity contribution in [3.8, 4) is 5.75 Å². The topological polar surface area (TPSA) is 45.7 Å². The highest BCUT2D eigenvalue weighted by Gasteiger charge is 2.22. The smallest absolute Gasteiger partial charge is 0.260 e. The molecule has 0 radical (unpaired) electrons. The fourth-order valence-corrected chi connectivity index (χ4v) is 3.32. The van der Waals surface area contributed by atoms with Gasteiger partial charge in [-0.2, -0.15) is 0 Å². The molecule has 1 aromatic heterocycles. The van der Waals surface area contributed by atoms with Crippen molar-refractivity contribution in [2.75, 3.05) is 37.7 Å². The predicted octanol–water partition coefficient (Wildman–Crippen LogP) is 3.98. The SMILES string of the molecule is CCC(C)c1ccccc1OCC(=O)N1CCN(c2ccc(Cl)cn2)CC1. The second kappa shape index (κ2) is 9.09. The molecule has 0 N–H and O–H groups in total. The second-order valence-corrected chi connectivity index (χ2v) is 7.27. The maximum absolute atomic E-state index is 12.6. The van der Waals surface area contributed by atoms with Gasteiger partial charge < -0.3 is 14.5 Å². The monoisotopic (exact) mass is 387 g/mol. The summed E-state index contributed by atoms with van der Waals surface area (Å²) in [7, 11) is 0. The molecule has 1 aliphatic heterocycles. The van der Waals surface area contributed by atoms with Gasteiger partial charge in [0.15, 0.2) is 6.61 Å². The van der Waals surface area contributed by atoms with Crippen LogP contribution in [0.5, 0.6) is 5.75 Å². The van der Waals surface area contributed by atoms with Crippen molar-refractivity contribution >= 4 is 23.3 Å². The molecule has 0 spiro atoms. The Morgan fingerprint density at radius 2 is 1.93 bits per heavy atom. The lowest BCUT2D eigenvalue weighted by Crippen LogP contribution is -2.50. The average molecular weight is 388 g/mol. The molecule has 1 unspecified atom stereocenters. The zero-order chi connectivity index (χ0) is 19.2. The summed E-state index contributed by atoms with van der Waals surface area (Å²) in [6.45, 7) is 7.25. The van der Waals surface area contributed by atoms with Crippen molar-refractivity contribution < 1.29 is 9.53 Å². The summed E-state index contributed by atoms with van der Waals surface area (Å²) in [6, 6.07) is 11.7. The molecule has 6 heteroatoms. The van der Waals surface area contributed by atoms with E-state index in [4.69, 9.17) is 16.3 Å². The standard InChI is InChI=1S/C21H26ClN3O2/c1-3-16(2)18-6-4-5-7-19(18)27-15-21(26)25-12-10-24(11-13-25)20-9-8-17(22)14-23-20/h4-9,14,16H,3,10-13,15H2,1-2H3. The zero-order valence-corrected chi connectivity index (χ0v) is 16.7. The highest BCUT2D eigenvalue weighted by atomic mass is 35.5. The van der Waals surface area contributed by atoms with E-state index < -0.39 is 0 Å². The third-order valence-electron chi connectivity index (χ3n) is 5.08. The number of ether oxygens (including phenoxy) is 1. The molecule has 0 aliphatic carbocycles. The van der Waals surface area contributed by atoms with Crippen molar-refractivity contribution in [2.45, 2.75) is 26.2 Å². The van der Waals surface area contributed by atoms with Gasteiger partial charge in [0, 0.05) is 32.4 Å².